The van der Waals surface area contributed by atoms with Gasteiger partial charge in [-0.2, -0.15) is 0 Å². The van der Waals surface area contributed by atoms with E-state index in [9.17, 15) is 9.59 Å². The van der Waals surface area contributed by atoms with E-state index < -0.39 is 0 Å². The smallest absolute Gasteiger partial charge is 0.228 e. The van der Waals surface area contributed by atoms with Gasteiger partial charge in [-0.1, -0.05) is 23.7 Å². The molecule has 0 radical (unpaired) electrons. The zero-order valence-electron chi connectivity index (χ0n) is 11.2. The lowest BCUT2D eigenvalue weighted by Crippen LogP contribution is -2.05. The Bertz CT molecular complexity index is 786. The maximum Gasteiger partial charge on any atom is 0.228 e. The van der Waals surface area contributed by atoms with Crippen molar-refractivity contribution in [2.45, 2.75) is 13.3 Å². The third-order valence-corrected chi connectivity index (χ3v) is 4.86. The molecule has 0 bridgehead atoms. The number of amides is 1. The molecule has 0 saturated carbocycles. The van der Waals surface area contributed by atoms with Gasteiger partial charge in [-0.15, -0.1) is 0 Å². The molecule has 2 aromatic rings. The third-order valence-electron chi connectivity index (χ3n) is 3.50. The average Bonchev–Trinajstić information content (AvgIpc) is 2.79. The number of hydrogen-bond acceptors (Lipinski definition) is 2. The van der Waals surface area contributed by atoms with Crippen LogP contribution >= 0.6 is 27.5 Å². The van der Waals surface area contributed by atoms with Gasteiger partial charge in [-0.25, -0.2) is 0 Å². The van der Waals surface area contributed by atoms with Crippen LogP contribution in [0.4, 0.5) is 5.69 Å². The number of nitrogens with one attached hydrogen (secondary N) is 1. The van der Waals surface area contributed by atoms with Crippen LogP contribution in [0, 0.1) is 6.92 Å². The topological polar surface area (TPSA) is 46.2 Å². The number of halogens is 2. The standard InChI is InChI=1S/C16H11BrClNO2/c1-8-3-2-4-10(15(8)17)16(21)11-5-9-6-14(20)19-13(9)7-12(11)18/h2-5,7H,6H2,1H3,(H,19,20). The minimum Gasteiger partial charge on any atom is -0.325 e. The fraction of sp³-hybridized carbons (Fsp3) is 0.125. The molecular formula is C16H11BrClNO2. The minimum absolute atomic E-state index is 0.0811. The summed E-state index contributed by atoms with van der Waals surface area (Å²) in [4.78, 5) is 24.1. The second-order valence-corrected chi connectivity index (χ2v) is 6.18. The number of rotatable bonds is 2. The SMILES string of the molecule is Cc1cccc(C(=O)c2cc3c(cc2Cl)NC(=O)C3)c1Br. The fourth-order valence-electron chi connectivity index (χ4n) is 2.39. The number of carbonyl (C=O) groups is 2. The quantitative estimate of drug-likeness (QED) is 0.814. The van der Waals surface area contributed by atoms with Crippen molar-refractivity contribution >= 4 is 44.9 Å². The molecule has 0 spiro atoms. The molecule has 3 nitrogen and oxygen atoms in total. The van der Waals surface area contributed by atoms with Gasteiger partial charge in [-0.05, 0) is 52.2 Å². The summed E-state index contributed by atoms with van der Waals surface area (Å²) in [5.74, 6) is -0.236. The van der Waals surface area contributed by atoms with Gasteiger partial charge in [0.05, 0.1) is 11.4 Å². The van der Waals surface area contributed by atoms with E-state index in [0.717, 1.165) is 15.6 Å². The molecule has 0 saturated heterocycles. The summed E-state index contributed by atoms with van der Waals surface area (Å²) in [5.41, 5.74) is 3.45. The summed E-state index contributed by atoms with van der Waals surface area (Å²) in [7, 11) is 0. The molecule has 5 heteroatoms. The van der Waals surface area contributed by atoms with Gasteiger partial charge in [0.25, 0.3) is 0 Å². The number of fused-ring (bicyclic) bond motifs is 1. The lowest BCUT2D eigenvalue weighted by atomic mass is 9.99. The molecule has 1 aliphatic rings. The highest BCUT2D eigenvalue weighted by Crippen LogP contribution is 2.32. The Hall–Kier alpha value is -1.65. The monoisotopic (exact) mass is 363 g/mol. The maximum absolute atomic E-state index is 12.7. The first kappa shape index (κ1) is 14.3. The van der Waals surface area contributed by atoms with Gasteiger partial charge in [0.2, 0.25) is 5.91 Å². The van der Waals surface area contributed by atoms with Crippen molar-refractivity contribution in [2.24, 2.45) is 0 Å². The van der Waals surface area contributed by atoms with E-state index in [1.165, 1.54) is 0 Å². The van der Waals surface area contributed by atoms with Crippen molar-refractivity contribution in [3.05, 3.63) is 62.1 Å². The van der Waals surface area contributed by atoms with E-state index in [-0.39, 0.29) is 18.1 Å². The molecule has 2 aromatic carbocycles. The Morgan fingerprint density at radius 2 is 2.05 bits per heavy atom. The largest absolute Gasteiger partial charge is 0.325 e. The van der Waals surface area contributed by atoms with Crippen LogP contribution < -0.4 is 5.32 Å². The summed E-state index contributed by atoms with van der Waals surface area (Å²) in [6.07, 6.45) is 0.280. The molecule has 0 unspecified atom stereocenters. The zero-order chi connectivity index (χ0) is 15.1. The van der Waals surface area contributed by atoms with Gasteiger partial charge >= 0.3 is 0 Å². The highest BCUT2D eigenvalue weighted by atomic mass is 79.9. The first-order valence-corrected chi connectivity index (χ1v) is 7.56. The highest BCUT2D eigenvalue weighted by molar-refractivity contribution is 9.10. The second-order valence-electron chi connectivity index (χ2n) is 4.98. The molecule has 3 rings (SSSR count). The molecule has 106 valence electrons. The maximum atomic E-state index is 12.7. The van der Waals surface area contributed by atoms with Crippen molar-refractivity contribution in [3.8, 4) is 0 Å². The molecule has 1 aliphatic heterocycles. The minimum atomic E-state index is -0.155. The lowest BCUT2D eigenvalue weighted by Gasteiger charge is -2.09. The summed E-state index contributed by atoms with van der Waals surface area (Å²) in [6.45, 7) is 1.92. The first-order chi connectivity index (χ1) is 9.97. The van der Waals surface area contributed by atoms with Crippen LogP contribution in [-0.4, -0.2) is 11.7 Å². The molecule has 1 N–H and O–H groups in total. The van der Waals surface area contributed by atoms with E-state index in [4.69, 9.17) is 11.6 Å². The molecule has 0 aromatic heterocycles. The Morgan fingerprint density at radius 1 is 1.29 bits per heavy atom. The van der Waals surface area contributed by atoms with Gasteiger partial charge in [0.15, 0.2) is 5.78 Å². The van der Waals surface area contributed by atoms with E-state index >= 15 is 0 Å². The predicted octanol–water partition coefficient (Wildman–Crippen LogP) is 4.14. The fourth-order valence-corrected chi connectivity index (χ4v) is 3.08. The Morgan fingerprint density at radius 3 is 2.81 bits per heavy atom. The van der Waals surface area contributed by atoms with Crippen LogP contribution in [0.1, 0.15) is 27.0 Å². The number of carbonyl (C=O) groups excluding carboxylic acids is 2. The molecule has 21 heavy (non-hydrogen) atoms. The third kappa shape index (κ3) is 2.49. The van der Waals surface area contributed by atoms with Crippen molar-refractivity contribution in [2.75, 3.05) is 5.32 Å². The molecule has 0 fully saturated rings. The van der Waals surface area contributed by atoms with E-state index in [1.807, 2.05) is 19.1 Å². The van der Waals surface area contributed by atoms with Crippen molar-refractivity contribution in [3.63, 3.8) is 0 Å². The van der Waals surface area contributed by atoms with Crippen molar-refractivity contribution in [1.82, 2.24) is 0 Å². The summed E-state index contributed by atoms with van der Waals surface area (Å²) >= 11 is 9.65. The van der Waals surface area contributed by atoms with E-state index in [1.54, 1.807) is 18.2 Å². The number of benzene rings is 2. The summed E-state index contributed by atoms with van der Waals surface area (Å²) < 4.78 is 0.765. The molecule has 0 atom stereocenters. The first-order valence-electron chi connectivity index (χ1n) is 6.39. The van der Waals surface area contributed by atoms with Crippen molar-refractivity contribution in [1.29, 1.82) is 0 Å². The highest BCUT2D eigenvalue weighted by Gasteiger charge is 2.23. The van der Waals surface area contributed by atoms with Crippen LogP contribution in [0.2, 0.25) is 5.02 Å². The Balaban J connectivity index is 2.09. The summed E-state index contributed by atoms with van der Waals surface area (Å²) in [6, 6.07) is 8.85. The number of ketones is 1. The zero-order valence-corrected chi connectivity index (χ0v) is 13.5. The van der Waals surface area contributed by atoms with Gasteiger partial charge in [0, 0.05) is 21.3 Å². The normalized spacial score (nSPS) is 13.0. The lowest BCUT2D eigenvalue weighted by molar-refractivity contribution is -0.115. The van der Waals surface area contributed by atoms with Crippen LogP contribution in [0.15, 0.2) is 34.8 Å². The van der Waals surface area contributed by atoms with Crippen molar-refractivity contribution < 1.29 is 9.59 Å². The van der Waals surface area contributed by atoms with Crippen LogP contribution in [0.25, 0.3) is 0 Å². The number of hydrogen-bond donors (Lipinski definition) is 1. The van der Waals surface area contributed by atoms with E-state index in [2.05, 4.69) is 21.2 Å². The molecule has 1 heterocycles. The van der Waals surface area contributed by atoms with Gasteiger partial charge in [0.1, 0.15) is 0 Å². The van der Waals surface area contributed by atoms with Crippen LogP contribution in [-0.2, 0) is 11.2 Å². The second kappa shape index (κ2) is 5.28. The average molecular weight is 365 g/mol. The Kier molecular flexibility index (Phi) is 3.59. The van der Waals surface area contributed by atoms with Gasteiger partial charge in [-0.3, -0.25) is 9.59 Å². The van der Waals surface area contributed by atoms with E-state index in [0.29, 0.717) is 21.8 Å². The molecule has 0 aliphatic carbocycles. The Labute approximate surface area is 135 Å². The molecule has 1 amide bonds. The van der Waals surface area contributed by atoms with Crippen LogP contribution in [0.5, 0.6) is 0 Å². The van der Waals surface area contributed by atoms with Crippen LogP contribution in [0.3, 0.4) is 0 Å². The number of aryl methyl sites for hydroxylation is 1. The molecular weight excluding hydrogens is 354 g/mol. The number of anilines is 1. The van der Waals surface area contributed by atoms with Gasteiger partial charge < -0.3 is 5.32 Å². The summed E-state index contributed by atoms with van der Waals surface area (Å²) in [5, 5.41) is 3.06. The predicted molar refractivity (Wildman–Crippen MR) is 86.1 cm³/mol.